The molecule has 0 spiro atoms. The van der Waals surface area contributed by atoms with Crippen LogP contribution in [0.25, 0.3) is 0 Å². The summed E-state index contributed by atoms with van der Waals surface area (Å²) in [7, 11) is 1.79. The molecule has 5 nitrogen and oxygen atoms in total. The van der Waals surface area contributed by atoms with Crippen molar-refractivity contribution in [3.8, 4) is 0 Å². The van der Waals surface area contributed by atoms with E-state index in [-0.39, 0.29) is 30.3 Å². The monoisotopic (exact) mass is 314 g/mol. The Labute approximate surface area is 136 Å². The van der Waals surface area contributed by atoms with Gasteiger partial charge < -0.3 is 4.90 Å². The van der Waals surface area contributed by atoms with E-state index in [1.165, 1.54) is 12.8 Å². The van der Waals surface area contributed by atoms with E-state index in [4.69, 9.17) is 0 Å². The van der Waals surface area contributed by atoms with Crippen molar-refractivity contribution < 1.29 is 14.4 Å². The molecule has 0 bridgehead atoms. The molecule has 5 heteroatoms. The smallest absolute Gasteiger partial charge is 0.262 e. The molecule has 23 heavy (non-hydrogen) atoms. The van der Waals surface area contributed by atoms with Crippen LogP contribution in [0, 0.1) is 0 Å². The largest absolute Gasteiger partial charge is 0.341 e. The second-order valence-electron chi connectivity index (χ2n) is 6.39. The lowest BCUT2D eigenvalue weighted by Crippen LogP contribution is -2.45. The Morgan fingerprint density at radius 1 is 1.04 bits per heavy atom. The second-order valence-corrected chi connectivity index (χ2v) is 6.39. The van der Waals surface area contributed by atoms with E-state index in [0.717, 1.165) is 30.6 Å². The molecule has 1 aromatic carbocycles. The number of likely N-dealkylation sites (N-methyl/N-ethyl adjacent to an activating group) is 1. The minimum Gasteiger partial charge on any atom is -0.341 e. The normalized spacial score (nSPS) is 18.7. The molecule has 0 atom stereocenters. The van der Waals surface area contributed by atoms with Gasteiger partial charge in [0.15, 0.2) is 0 Å². The average Bonchev–Trinajstić information content (AvgIpc) is 2.79. The number of fused-ring (bicyclic) bond motifs is 1. The van der Waals surface area contributed by atoms with Crippen LogP contribution in [0.2, 0.25) is 0 Å². The summed E-state index contributed by atoms with van der Waals surface area (Å²) in [4.78, 5) is 40.0. The number of amides is 3. The Balaban J connectivity index is 1.68. The lowest BCUT2D eigenvalue weighted by Gasteiger charge is -2.28. The van der Waals surface area contributed by atoms with E-state index >= 15 is 0 Å². The van der Waals surface area contributed by atoms with Crippen molar-refractivity contribution in [2.75, 3.05) is 13.6 Å². The summed E-state index contributed by atoms with van der Waals surface area (Å²) in [6.07, 6.45) is 6.72. The van der Waals surface area contributed by atoms with Crippen LogP contribution < -0.4 is 0 Å². The Hall–Kier alpha value is -2.17. The number of hydrogen-bond donors (Lipinski definition) is 0. The van der Waals surface area contributed by atoms with Crippen molar-refractivity contribution in [1.82, 2.24) is 9.80 Å². The number of benzene rings is 1. The number of carbonyl (C=O) groups is 3. The summed E-state index contributed by atoms with van der Waals surface area (Å²) in [5.41, 5.74) is 0.782. The molecule has 1 heterocycles. The summed E-state index contributed by atoms with van der Waals surface area (Å²) in [5.74, 6) is -0.896. The quantitative estimate of drug-likeness (QED) is 0.636. The maximum Gasteiger partial charge on any atom is 0.262 e. The van der Waals surface area contributed by atoms with Gasteiger partial charge in [-0.3, -0.25) is 19.3 Å². The first-order valence-electron chi connectivity index (χ1n) is 8.30. The molecular weight excluding hydrogens is 292 g/mol. The van der Waals surface area contributed by atoms with E-state index in [1.807, 2.05) is 0 Å². The number of imide groups is 1. The Bertz CT molecular complexity index is 598. The molecule has 0 N–H and O–H groups in total. The molecule has 0 saturated heterocycles. The molecule has 3 amide bonds. The van der Waals surface area contributed by atoms with Crippen LogP contribution in [0.5, 0.6) is 0 Å². The third kappa shape index (κ3) is 3.00. The summed E-state index contributed by atoms with van der Waals surface area (Å²) in [5, 5.41) is 0. The summed E-state index contributed by atoms with van der Waals surface area (Å²) in [6, 6.07) is 6.95. The first-order valence-corrected chi connectivity index (χ1v) is 8.30. The van der Waals surface area contributed by atoms with Gasteiger partial charge in [-0.1, -0.05) is 37.8 Å². The molecule has 0 radical (unpaired) electrons. The number of hydrogen-bond acceptors (Lipinski definition) is 3. The van der Waals surface area contributed by atoms with Crippen molar-refractivity contribution in [2.24, 2.45) is 0 Å². The summed E-state index contributed by atoms with van der Waals surface area (Å²) >= 11 is 0. The minimum absolute atomic E-state index is 0.161. The standard InChI is InChI=1S/C18H22N2O3/c1-19(13-8-4-2-3-5-9-13)16(21)12-20-17(22)14-10-6-7-11-15(14)18(20)23/h6-7,10-11,13H,2-5,8-9,12H2,1H3. The zero-order valence-corrected chi connectivity index (χ0v) is 13.5. The van der Waals surface area contributed by atoms with Crippen molar-refractivity contribution in [3.63, 3.8) is 0 Å². The molecule has 3 rings (SSSR count). The highest BCUT2D eigenvalue weighted by molar-refractivity contribution is 6.22. The molecule has 1 aliphatic carbocycles. The zero-order chi connectivity index (χ0) is 16.4. The molecule has 122 valence electrons. The minimum atomic E-state index is -0.367. The van der Waals surface area contributed by atoms with Crippen LogP contribution >= 0.6 is 0 Å². The highest BCUT2D eigenvalue weighted by Crippen LogP contribution is 2.24. The van der Waals surface area contributed by atoms with Gasteiger partial charge in [0.2, 0.25) is 5.91 Å². The van der Waals surface area contributed by atoms with Crippen LogP contribution in [0.15, 0.2) is 24.3 Å². The van der Waals surface area contributed by atoms with Gasteiger partial charge in [0.05, 0.1) is 11.1 Å². The van der Waals surface area contributed by atoms with Gasteiger partial charge in [0, 0.05) is 13.1 Å². The fraction of sp³-hybridized carbons (Fsp3) is 0.500. The average molecular weight is 314 g/mol. The first kappa shape index (κ1) is 15.7. The van der Waals surface area contributed by atoms with Crippen LogP contribution in [0.1, 0.15) is 59.2 Å². The fourth-order valence-electron chi connectivity index (χ4n) is 3.48. The summed E-state index contributed by atoms with van der Waals surface area (Å²) in [6.45, 7) is -0.167. The lowest BCUT2D eigenvalue weighted by atomic mass is 10.1. The van der Waals surface area contributed by atoms with Crippen LogP contribution in [-0.4, -0.2) is 47.2 Å². The maximum atomic E-state index is 12.5. The van der Waals surface area contributed by atoms with Crippen molar-refractivity contribution >= 4 is 17.7 Å². The maximum absolute atomic E-state index is 12.5. The van der Waals surface area contributed by atoms with Gasteiger partial charge >= 0.3 is 0 Å². The molecule has 0 aromatic heterocycles. The van der Waals surface area contributed by atoms with Gasteiger partial charge in [-0.25, -0.2) is 0 Å². The summed E-state index contributed by atoms with van der Waals surface area (Å²) < 4.78 is 0. The van der Waals surface area contributed by atoms with E-state index in [1.54, 1.807) is 36.2 Å². The molecule has 1 saturated carbocycles. The SMILES string of the molecule is CN(C(=O)CN1C(=O)c2ccccc2C1=O)C1CCCCCC1. The van der Waals surface area contributed by atoms with Crippen LogP contribution in [-0.2, 0) is 4.79 Å². The zero-order valence-electron chi connectivity index (χ0n) is 13.5. The Morgan fingerprint density at radius 3 is 2.09 bits per heavy atom. The highest BCUT2D eigenvalue weighted by atomic mass is 16.2. The van der Waals surface area contributed by atoms with Gasteiger partial charge in [0.25, 0.3) is 11.8 Å². The first-order chi connectivity index (χ1) is 11.1. The molecule has 1 fully saturated rings. The molecular formula is C18H22N2O3. The van der Waals surface area contributed by atoms with E-state index in [2.05, 4.69) is 0 Å². The lowest BCUT2D eigenvalue weighted by molar-refractivity contribution is -0.132. The van der Waals surface area contributed by atoms with Crippen molar-refractivity contribution in [2.45, 2.75) is 44.6 Å². The predicted octanol–water partition coefficient (Wildman–Crippen LogP) is 2.46. The topological polar surface area (TPSA) is 57.7 Å². The van der Waals surface area contributed by atoms with Gasteiger partial charge in [0.1, 0.15) is 6.54 Å². The third-order valence-electron chi connectivity index (χ3n) is 4.94. The predicted molar refractivity (Wildman–Crippen MR) is 86.1 cm³/mol. The molecule has 0 unspecified atom stereocenters. The van der Waals surface area contributed by atoms with Gasteiger partial charge in [-0.05, 0) is 25.0 Å². The van der Waals surface area contributed by atoms with E-state index in [9.17, 15) is 14.4 Å². The van der Waals surface area contributed by atoms with Crippen LogP contribution in [0.3, 0.4) is 0 Å². The van der Waals surface area contributed by atoms with Crippen molar-refractivity contribution in [3.05, 3.63) is 35.4 Å². The molecule has 2 aliphatic rings. The Morgan fingerprint density at radius 2 is 1.57 bits per heavy atom. The van der Waals surface area contributed by atoms with E-state index in [0.29, 0.717) is 11.1 Å². The number of nitrogens with zero attached hydrogens (tertiary/aromatic N) is 2. The molecule has 1 aliphatic heterocycles. The van der Waals surface area contributed by atoms with Crippen molar-refractivity contribution in [1.29, 1.82) is 0 Å². The molecule has 1 aromatic rings. The van der Waals surface area contributed by atoms with E-state index < -0.39 is 0 Å². The number of carbonyl (C=O) groups excluding carboxylic acids is 3. The Kier molecular flexibility index (Phi) is 4.46. The second kappa shape index (κ2) is 6.52. The number of rotatable bonds is 3. The van der Waals surface area contributed by atoms with Crippen LogP contribution in [0.4, 0.5) is 0 Å². The van der Waals surface area contributed by atoms with Gasteiger partial charge in [-0.15, -0.1) is 0 Å². The fourth-order valence-corrected chi connectivity index (χ4v) is 3.48. The van der Waals surface area contributed by atoms with Gasteiger partial charge in [-0.2, -0.15) is 0 Å². The highest BCUT2D eigenvalue weighted by Gasteiger charge is 2.37. The third-order valence-corrected chi connectivity index (χ3v) is 4.94.